The number of piperidine rings is 1. The Labute approximate surface area is 159 Å². The molecule has 138 valence electrons. The molecule has 6 heteroatoms. The van der Waals surface area contributed by atoms with Crippen LogP contribution in [0, 0.1) is 6.92 Å². The molecule has 27 heavy (non-hydrogen) atoms. The molecular weight excluding hydrogens is 336 g/mol. The number of rotatable bonds is 5. The Morgan fingerprint density at radius 3 is 2.81 bits per heavy atom. The van der Waals surface area contributed by atoms with Crippen LogP contribution in [0.1, 0.15) is 35.4 Å². The van der Waals surface area contributed by atoms with Gasteiger partial charge in [-0.25, -0.2) is 9.97 Å². The second kappa shape index (κ2) is 8.22. The second-order valence-corrected chi connectivity index (χ2v) is 7.13. The van der Waals surface area contributed by atoms with Crippen molar-refractivity contribution in [1.82, 2.24) is 24.8 Å². The van der Waals surface area contributed by atoms with Gasteiger partial charge in [0.1, 0.15) is 11.6 Å². The molecule has 0 aromatic carbocycles. The lowest BCUT2D eigenvalue weighted by Crippen LogP contribution is -2.34. The summed E-state index contributed by atoms with van der Waals surface area (Å²) in [6, 6.07) is 6.49. The minimum Gasteiger partial charge on any atom is -0.324 e. The van der Waals surface area contributed by atoms with Gasteiger partial charge in [-0.1, -0.05) is 6.07 Å². The molecule has 3 aromatic heterocycles. The van der Waals surface area contributed by atoms with E-state index in [2.05, 4.69) is 55.3 Å². The second-order valence-electron chi connectivity index (χ2n) is 7.13. The fourth-order valence-corrected chi connectivity index (χ4v) is 3.70. The van der Waals surface area contributed by atoms with E-state index in [1.165, 1.54) is 29.5 Å². The van der Waals surface area contributed by atoms with Crippen LogP contribution in [0.25, 0.3) is 0 Å². The van der Waals surface area contributed by atoms with E-state index in [4.69, 9.17) is 0 Å². The molecule has 0 amide bonds. The lowest BCUT2D eigenvalue weighted by Gasteiger charge is -2.33. The standard InChI is InChI=1S/C21H24N6/c1-16-9-17(12-23-11-16)14-27-8-2-3-19(15-27)18-4-5-24-20(10-18)26-21-13-22-6-7-25-21/h4-7,9-13,19H,2-3,8,14-15H2,1H3,(H,24,25,26). The highest BCUT2D eigenvalue weighted by Crippen LogP contribution is 2.29. The molecule has 1 unspecified atom stereocenters. The molecule has 4 rings (SSSR count). The Bertz CT molecular complexity index is 883. The highest BCUT2D eigenvalue weighted by Gasteiger charge is 2.22. The monoisotopic (exact) mass is 360 g/mol. The van der Waals surface area contributed by atoms with Crippen LogP contribution in [0.5, 0.6) is 0 Å². The molecule has 1 aliphatic rings. The van der Waals surface area contributed by atoms with Gasteiger partial charge in [-0.2, -0.15) is 0 Å². The minimum atomic E-state index is 0.516. The van der Waals surface area contributed by atoms with Gasteiger partial charge in [0.05, 0.1) is 6.20 Å². The summed E-state index contributed by atoms with van der Waals surface area (Å²) in [6.45, 7) is 5.25. The third kappa shape index (κ3) is 4.65. The van der Waals surface area contributed by atoms with Crippen molar-refractivity contribution in [2.75, 3.05) is 18.4 Å². The Balaban J connectivity index is 1.44. The largest absolute Gasteiger partial charge is 0.324 e. The molecule has 0 bridgehead atoms. The summed E-state index contributed by atoms with van der Waals surface area (Å²) < 4.78 is 0. The van der Waals surface area contributed by atoms with Crippen molar-refractivity contribution in [2.45, 2.75) is 32.2 Å². The first-order valence-electron chi connectivity index (χ1n) is 9.38. The summed E-state index contributed by atoms with van der Waals surface area (Å²) in [5.74, 6) is 2.04. The summed E-state index contributed by atoms with van der Waals surface area (Å²) in [4.78, 5) is 19.6. The van der Waals surface area contributed by atoms with E-state index < -0.39 is 0 Å². The number of nitrogens with one attached hydrogen (secondary N) is 1. The molecule has 0 saturated carbocycles. The van der Waals surface area contributed by atoms with Crippen LogP contribution in [0.4, 0.5) is 11.6 Å². The van der Waals surface area contributed by atoms with Crippen LogP contribution >= 0.6 is 0 Å². The summed E-state index contributed by atoms with van der Waals surface area (Å²) >= 11 is 0. The third-order valence-electron chi connectivity index (χ3n) is 4.92. The SMILES string of the molecule is Cc1cncc(CN2CCCC(c3ccnc(Nc4cnccn4)c3)C2)c1. The average Bonchev–Trinajstić information content (AvgIpc) is 2.69. The molecule has 1 fully saturated rings. The summed E-state index contributed by atoms with van der Waals surface area (Å²) in [6.07, 6.45) is 13.2. The van der Waals surface area contributed by atoms with E-state index >= 15 is 0 Å². The van der Waals surface area contributed by atoms with E-state index in [1.54, 1.807) is 18.6 Å². The highest BCUT2D eigenvalue weighted by atomic mass is 15.1. The number of hydrogen-bond donors (Lipinski definition) is 1. The predicted octanol–water partition coefficient (Wildman–Crippen LogP) is 3.70. The molecule has 6 nitrogen and oxygen atoms in total. The molecule has 1 N–H and O–H groups in total. The van der Waals surface area contributed by atoms with Gasteiger partial charge in [-0.15, -0.1) is 0 Å². The fraction of sp³-hybridized carbons (Fsp3) is 0.333. The first-order valence-corrected chi connectivity index (χ1v) is 9.38. The molecule has 0 radical (unpaired) electrons. The number of pyridine rings is 2. The normalized spacial score (nSPS) is 17.6. The van der Waals surface area contributed by atoms with E-state index in [0.717, 1.165) is 25.5 Å². The van der Waals surface area contributed by atoms with Crippen LogP contribution in [0.3, 0.4) is 0 Å². The fourth-order valence-electron chi connectivity index (χ4n) is 3.70. The van der Waals surface area contributed by atoms with Gasteiger partial charge >= 0.3 is 0 Å². The van der Waals surface area contributed by atoms with Crippen molar-refractivity contribution < 1.29 is 0 Å². The molecule has 0 aliphatic carbocycles. The van der Waals surface area contributed by atoms with Crippen molar-refractivity contribution >= 4 is 11.6 Å². The number of nitrogens with zero attached hydrogens (tertiary/aromatic N) is 5. The van der Waals surface area contributed by atoms with Crippen LogP contribution in [0.15, 0.2) is 55.4 Å². The summed E-state index contributed by atoms with van der Waals surface area (Å²) in [5, 5.41) is 3.23. The highest BCUT2D eigenvalue weighted by molar-refractivity contribution is 5.51. The maximum Gasteiger partial charge on any atom is 0.150 e. The lowest BCUT2D eigenvalue weighted by molar-refractivity contribution is 0.200. The molecule has 3 aromatic rings. The minimum absolute atomic E-state index is 0.516. The van der Waals surface area contributed by atoms with Gasteiger partial charge in [0.2, 0.25) is 0 Å². The zero-order chi connectivity index (χ0) is 18.5. The average molecular weight is 360 g/mol. The van der Waals surface area contributed by atoms with Crippen molar-refractivity contribution in [3.05, 3.63) is 72.1 Å². The van der Waals surface area contributed by atoms with Crippen LogP contribution < -0.4 is 5.32 Å². The predicted molar refractivity (Wildman–Crippen MR) is 106 cm³/mol. The Hall–Kier alpha value is -2.86. The van der Waals surface area contributed by atoms with E-state index in [-0.39, 0.29) is 0 Å². The number of hydrogen-bond acceptors (Lipinski definition) is 6. The zero-order valence-corrected chi connectivity index (χ0v) is 15.5. The number of aromatic nitrogens is 4. The molecule has 1 aliphatic heterocycles. The van der Waals surface area contributed by atoms with Crippen molar-refractivity contribution in [2.24, 2.45) is 0 Å². The smallest absolute Gasteiger partial charge is 0.150 e. The van der Waals surface area contributed by atoms with Crippen molar-refractivity contribution in [1.29, 1.82) is 0 Å². The van der Waals surface area contributed by atoms with Crippen LogP contribution in [-0.2, 0) is 6.54 Å². The van der Waals surface area contributed by atoms with E-state index in [9.17, 15) is 0 Å². The molecule has 0 spiro atoms. The van der Waals surface area contributed by atoms with Gasteiger partial charge in [0.25, 0.3) is 0 Å². The first kappa shape index (κ1) is 17.5. The van der Waals surface area contributed by atoms with Crippen molar-refractivity contribution in [3.8, 4) is 0 Å². The van der Waals surface area contributed by atoms with Crippen molar-refractivity contribution in [3.63, 3.8) is 0 Å². The molecule has 4 heterocycles. The number of likely N-dealkylation sites (tertiary alicyclic amines) is 1. The van der Waals surface area contributed by atoms with E-state index in [0.29, 0.717) is 11.7 Å². The zero-order valence-electron chi connectivity index (χ0n) is 15.5. The number of aryl methyl sites for hydroxylation is 1. The summed E-state index contributed by atoms with van der Waals surface area (Å²) in [5.41, 5.74) is 3.83. The maximum absolute atomic E-state index is 4.43. The molecule has 1 saturated heterocycles. The van der Waals surface area contributed by atoms with Gasteiger partial charge in [-0.3, -0.25) is 14.9 Å². The van der Waals surface area contributed by atoms with Crippen LogP contribution in [0.2, 0.25) is 0 Å². The van der Waals surface area contributed by atoms with Gasteiger partial charge in [0, 0.05) is 44.1 Å². The van der Waals surface area contributed by atoms with Gasteiger partial charge in [0.15, 0.2) is 0 Å². The van der Waals surface area contributed by atoms with Gasteiger partial charge in [-0.05, 0) is 61.1 Å². The Morgan fingerprint density at radius 2 is 1.96 bits per heavy atom. The Morgan fingerprint density at radius 1 is 1.04 bits per heavy atom. The first-order chi connectivity index (χ1) is 13.3. The van der Waals surface area contributed by atoms with Gasteiger partial charge < -0.3 is 5.32 Å². The topological polar surface area (TPSA) is 66.8 Å². The van der Waals surface area contributed by atoms with Crippen LogP contribution in [-0.4, -0.2) is 37.9 Å². The summed E-state index contributed by atoms with van der Waals surface area (Å²) in [7, 11) is 0. The maximum atomic E-state index is 4.43. The quantitative estimate of drug-likeness (QED) is 0.748. The third-order valence-corrected chi connectivity index (χ3v) is 4.92. The van der Waals surface area contributed by atoms with E-state index in [1.807, 2.05) is 18.6 Å². The molecular formula is C21H24N6. The lowest BCUT2D eigenvalue weighted by atomic mass is 9.91. The Kier molecular flexibility index (Phi) is 5.34. The number of anilines is 2. The molecule has 1 atom stereocenters.